The maximum atomic E-state index is 4.48. The zero-order chi connectivity index (χ0) is 11.7. The van der Waals surface area contributed by atoms with E-state index in [9.17, 15) is 0 Å². The van der Waals surface area contributed by atoms with Gasteiger partial charge in [-0.15, -0.1) is 0 Å². The van der Waals surface area contributed by atoms with Crippen LogP contribution in [0.4, 0.5) is 0 Å². The first-order valence-corrected chi connectivity index (χ1v) is 5.36. The lowest BCUT2D eigenvalue weighted by molar-refractivity contribution is 0.691. The average Bonchev–Trinajstić information content (AvgIpc) is 2.69. The Morgan fingerprint density at radius 2 is 2.06 bits per heavy atom. The van der Waals surface area contributed by atoms with Crippen molar-refractivity contribution >= 4 is 11.0 Å². The van der Waals surface area contributed by atoms with E-state index in [0.29, 0.717) is 6.54 Å². The summed E-state index contributed by atoms with van der Waals surface area (Å²) in [4.78, 5) is 12.3. The highest BCUT2D eigenvalue weighted by Crippen LogP contribution is 2.15. The molecule has 3 heterocycles. The van der Waals surface area contributed by atoms with Gasteiger partial charge in [0.15, 0.2) is 5.65 Å². The number of hydrogen-bond acceptors (Lipinski definition) is 4. The Kier molecular flexibility index (Phi) is 2.29. The van der Waals surface area contributed by atoms with Gasteiger partial charge in [-0.1, -0.05) is 0 Å². The summed E-state index contributed by atoms with van der Waals surface area (Å²) in [7, 11) is 0. The first-order chi connectivity index (χ1) is 8.34. The van der Waals surface area contributed by atoms with Crippen molar-refractivity contribution in [3.05, 3.63) is 48.3 Å². The van der Waals surface area contributed by atoms with E-state index in [-0.39, 0.29) is 0 Å². The van der Waals surface area contributed by atoms with Gasteiger partial charge in [0.05, 0.1) is 12.2 Å². The molecule has 0 amide bonds. The zero-order valence-corrected chi connectivity index (χ0v) is 9.41. The normalized spacial score (nSPS) is 10.9. The summed E-state index contributed by atoms with van der Waals surface area (Å²) < 4.78 is 1.88. The van der Waals surface area contributed by atoms with Crippen LogP contribution in [0.1, 0.15) is 11.3 Å². The second-order valence-electron chi connectivity index (χ2n) is 3.86. The highest BCUT2D eigenvalue weighted by Gasteiger charge is 2.07. The zero-order valence-electron chi connectivity index (χ0n) is 9.41. The summed E-state index contributed by atoms with van der Waals surface area (Å²) in [6.07, 6.45) is 6.88. The molecular formula is C12H11N5. The molecule has 0 spiro atoms. The maximum absolute atomic E-state index is 4.48. The fraction of sp³-hybridized carbons (Fsp3) is 0.167. The highest BCUT2D eigenvalue weighted by atomic mass is 15.3. The number of rotatable bonds is 2. The van der Waals surface area contributed by atoms with E-state index < -0.39 is 0 Å². The van der Waals surface area contributed by atoms with Gasteiger partial charge in [-0.3, -0.25) is 0 Å². The molecule has 0 unspecified atom stereocenters. The van der Waals surface area contributed by atoms with Gasteiger partial charge in [0.2, 0.25) is 0 Å². The van der Waals surface area contributed by atoms with Crippen molar-refractivity contribution in [1.82, 2.24) is 24.7 Å². The molecule has 0 aliphatic rings. The number of nitrogens with zero attached hydrogens (tertiary/aromatic N) is 5. The molecule has 17 heavy (non-hydrogen) atoms. The molecular weight excluding hydrogens is 214 g/mol. The van der Waals surface area contributed by atoms with Crippen LogP contribution in [0.25, 0.3) is 11.0 Å². The third kappa shape index (κ3) is 1.75. The average molecular weight is 225 g/mol. The van der Waals surface area contributed by atoms with Gasteiger partial charge in [0.25, 0.3) is 0 Å². The van der Waals surface area contributed by atoms with E-state index in [1.807, 2.05) is 23.7 Å². The number of aryl methyl sites for hydroxylation is 1. The van der Waals surface area contributed by atoms with Crippen LogP contribution in [0.3, 0.4) is 0 Å². The molecule has 5 heteroatoms. The summed E-state index contributed by atoms with van der Waals surface area (Å²) in [6, 6.07) is 3.95. The molecule has 0 aliphatic carbocycles. The van der Waals surface area contributed by atoms with Gasteiger partial charge in [-0.25, -0.2) is 19.6 Å². The van der Waals surface area contributed by atoms with Gasteiger partial charge < -0.3 is 0 Å². The van der Waals surface area contributed by atoms with E-state index in [1.54, 1.807) is 18.6 Å². The molecule has 0 radical (unpaired) electrons. The van der Waals surface area contributed by atoms with Crippen molar-refractivity contribution in [2.75, 3.05) is 0 Å². The van der Waals surface area contributed by atoms with Crippen LogP contribution in [-0.2, 0) is 6.54 Å². The minimum absolute atomic E-state index is 0.641. The van der Waals surface area contributed by atoms with Gasteiger partial charge in [-0.2, -0.15) is 5.10 Å². The molecule has 3 rings (SSSR count). The van der Waals surface area contributed by atoms with E-state index in [4.69, 9.17) is 0 Å². The summed E-state index contributed by atoms with van der Waals surface area (Å²) in [5, 5.41) is 5.57. The smallest absolute Gasteiger partial charge is 0.158 e. The summed E-state index contributed by atoms with van der Waals surface area (Å²) in [6.45, 7) is 2.63. The van der Waals surface area contributed by atoms with Crippen LogP contribution in [0, 0.1) is 6.92 Å². The SMILES string of the molecule is Cc1nn(Cc2cncnc2)c2ncccc12. The molecule has 84 valence electrons. The van der Waals surface area contributed by atoms with E-state index in [2.05, 4.69) is 20.1 Å². The van der Waals surface area contributed by atoms with Gasteiger partial charge in [0.1, 0.15) is 6.33 Å². The van der Waals surface area contributed by atoms with Crippen LogP contribution in [0.2, 0.25) is 0 Å². The minimum Gasteiger partial charge on any atom is -0.244 e. The van der Waals surface area contributed by atoms with Crippen molar-refractivity contribution in [3.8, 4) is 0 Å². The van der Waals surface area contributed by atoms with Crippen LogP contribution in [-0.4, -0.2) is 24.7 Å². The third-order valence-corrected chi connectivity index (χ3v) is 2.64. The monoisotopic (exact) mass is 225 g/mol. The van der Waals surface area contributed by atoms with Crippen LogP contribution in [0.5, 0.6) is 0 Å². The van der Waals surface area contributed by atoms with E-state index >= 15 is 0 Å². The second kappa shape index (κ2) is 3.93. The number of fused-ring (bicyclic) bond motifs is 1. The van der Waals surface area contributed by atoms with Gasteiger partial charge >= 0.3 is 0 Å². The summed E-state index contributed by atoms with van der Waals surface area (Å²) in [5.74, 6) is 0. The van der Waals surface area contributed by atoms with Crippen molar-refractivity contribution in [1.29, 1.82) is 0 Å². The predicted molar refractivity (Wildman–Crippen MR) is 63.4 cm³/mol. The van der Waals surface area contributed by atoms with Crippen molar-refractivity contribution < 1.29 is 0 Å². The Labute approximate surface area is 98.2 Å². The fourth-order valence-electron chi connectivity index (χ4n) is 1.86. The van der Waals surface area contributed by atoms with Crippen molar-refractivity contribution in [2.45, 2.75) is 13.5 Å². The molecule has 0 aromatic carbocycles. The molecule has 5 nitrogen and oxygen atoms in total. The Hall–Kier alpha value is -2.30. The molecule has 0 saturated heterocycles. The lowest BCUT2D eigenvalue weighted by atomic mass is 10.3. The fourth-order valence-corrected chi connectivity index (χ4v) is 1.86. The van der Waals surface area contributed by atoms with Gasteiger partial charge in [-0.05, 0) is 19.1 Å². The van der Waals surface area contributed by atoms with E-state index in [1.165, 1.54) is 6.33 Å². The molecule has 0 fully saturated rings. The topological polar surface area (TPSA) is 56.5 Å². The lowest BCUT2D eigenvalue weighted by Crippen LogP contribution is -2.03. The largest absolute Gasteiger partial charge is 0.244 e. The van der Waals surface area contributed by atoms with Crippen molar-refractivity contribution in [2.24, 2.45) is 0 Å². The number of pyridine rings is 1. The first kappa shape index (κ1) is 9.89. The molecule has 0 aliphatic heterocycles. The quantitative estimate of drug-likeness (QED) is 0.664. The second-order valence-corrected chi connectivity index (χ2v) is 3.86. The summed E-state index contributed by atoms with van der Waals surface area (Å²) >= 11 is 0. The maximum Gasteiger partial charge on any atom is 0.158 e. The first-order valence-electron chi connectivity index (χ1n) is 5.36. The Morgan fingerprint density at radius 1 is 1.24 bits per heavy atom. The predicted octanol–water partition coefficient (Wildman–Crippen LogP) is 1.58. The van der Waals surface area contributed by atoms with Crippen LogP contribution >= 0.6 is 0 Å². The number of aromatic nitrogens is 5. The Bertz CT molecular complexity index is 644. The Balaban J connectivity index is 2.07. The summed E-state index contributed by atoms with van der Waals surface area (Å²) in [5.41, 5.74) is 2.90. The molecule has 0 bridgehead atoms. The minimum atomic E-state index is 0.641. The standard InChI is InChI=1S/C12H11N5/c1-9-11-3-2-4-15-12(11)17(16-9)7-10-5-13-8-14-6-10/h2-6,8H,7H2,1H3. The van der Waals surface area contributed by atoms with E-state index in [0.717, 1.165) is 22.3 Å². The molecule has 0 N–H and O–H groups in total. The Morgan fingerprint density at radius 3 is 2.88 bits per heavy atom. The van der Waals surface area contributed by atoms with Crippen LogP contribution in [0.15, 0.2) is 37.1 Å². The third-order valence-electron chi connectivity index (χ3n) is 2.64. The highest BCUT2D eigenvalue weighted by molar-refractivity contribution is 5.77. The molecule has 0 saturated carbocycles. The number of hydrogen-bond donors (Lipinski definition) is 0. The van der Waals surface area contributed by atoms with Crippen molar-refractivity contribution in [3.63, 3.8) is 0 Å². The molecule has 3 aromatic rings. The van der Waals surface area contributed by atoms with Gasteiger partial charge in [0, 0.05) is 29.5 Å². The lowest BCUT2D eigenvalue weighted by Gasteiger charge is -2.01. The molecule has 3 aromatic heterocycles. The van der Waals surface area contributed by atoms with Crippen LogP contribution < -0.4 is 0 Å². The molecule has 0 atom stereocenters.